The third-order valence-electron chi connectivity index (χ3n) is 3.39. The van der Waals surface area contributed by atoms with Gasteiger partial charge in [0.05, 0.1) is 4.90 Å². The van der Waals surface area contributed by atoms with Crippen molar-refractivity contribution in [1.82, 2.24) is 4.72 Å². The second-order valence-corrected chi connectivity index (χ2v) is 6.97. The number of benzene rings is 2. The highest BCUT2D eigenvalue weighted by Crippen LogP contribution is 2.12. The minimum Gasteiger partial charge on any atom is -0.326 e. The molecule has 0 aromatic heterocycles. The molecule has 24 heavy (non-hydrogen) atoms. The first-order chi connectivity index (χ1) is 11.4. The maximum atomic E-state index is 12.8. The Morgan fingerprint density at radius 2 is 1.83 bits per heavy atom. The normalized spacial score (nSPS) is 11.2. The van der Waals surface area contributed by atoms with Crippen molar-refractivity contribution in [2.24, 2.45) is 0 Å². The van der Waals surface area contributed by atoms with Crippen LogP contribution in [0.25, 0.3) is 0 Å². The second-order valence-electron chi connectivity index (χ2n) is 5.20. The molecule has 2 aromatic rings. The van der Waals surface area contributed by atoms with E-state index in [2.05, 4.69) is 10.0 Å². The zero-order chi connectivity index (χ0) is 17.6. The van der Waals surface area contributed by atoms with Crippen LogP contribution in [0, 0.1) is 5.82 Å². The predicted molar refractivity (Wildman–Crippen MR) is 90.7 cm³/mol. The largest absolute Gasteiger partial charge is 0.326 e. The molecule has 0 saturated heterocycles. The summed E-state index contributed by atoms with van der Waals surface area (Å²) in [6, 6.07) is 12.0. The Morgan fingerprint density at radius 1 is 1.12 bits per heavy atom. The predicted octanol–water partition coefficient (Wildman–Crippen LogP) is 2.70. The van der Waals surface area contributed by atoms with Crippen LogP contribution in [0.1, 0.15) is 18.9 Å². The maximum Gasteiger partial charge on any atom is 0.240 e. The Hall–Kier alpha value is -2.25. The monoisotopic (exact) mass is 350 g/mol. The van der Waals surface area contributed by atoms with Gasteiger partial charge in [0.25, 0.3) is 0 Å². The summed E-state index contributed by atoms with van der Waals surface area (Å²) in [5, 5.41) is 2.73. The van der Waals surface area contributed by atoms with Crippen molar-refractivity contribution in [2.45, 2.75) is 24.7 Å². The summed E-state index contributed by atoms with van der Waals surface area (Å²) in [5.41, 5.74) is 1.78. The van der Waals surface area contributed by atoms with Crippen LogP contribution in [-0.2, 0) is 21.2 Å². The van der Waals surface area contributed by atoms with E-state index in [-0.39, 0.29) is 23.8 Å². The fourth-order valence-electron chi connectivity index (χ4n) is 2.09. The standard InChI is InChI=1S/C17H19FN2O3S/c1-2-13-4-3-5-15(12-13)20-17(21)10-11-19-24(22,23)16-8-6-14(18)7-9-16/h3-9,12,19H,2,10-11H2,1H3,(H,20,21). The first kappa shape index (κ1) is 18.1. The molecular formula is C17H19FN2O3S. The van der Waals surface area contributed by atoms with Crippen molar-refractivity contribution in [3.8, 4) is 0 Å². The van der Waals surface area contributed by atoms with E-state index in [1.807, 2.05) is 25.1 Å². The number of hydrogen-bond donors (Lipinski definition) is 2. The molecule has 7 heteroatoms. The fourth-order valence-corrected chi connectivity index (χ4v) is 3.12. The van der Waals surface area contributed by atoms with Crippen molar-refractivity contribution < 1.29 is 17.6 Å². The molecule has 5 nitrogen and oxygen atoms in total. The highest BCUT2D eigenvalue weighted by molar-refractivity contribution is 7.89. The lowest BCUT2D eigenvalue weighted by molar-refractivity contribution is -0.116. The van der Waals surface area contributed by atoms with Crippen molar-refractivity contribution in [1.29, 1.82) is 0 Å². The van der Waals surface area contributed by atoms with Crippen LogP contribution in [0.2, 0.25) is 0 Å². The number of halogens is 1. The van der Waals surface area contributed by atoms with Crippen LogP contribution in [0.3, 0.4) is 0 Å². The van der Waals surface area contributed by atoms with Crippen LogP contribution in [0.4, 0.5) is 10.1 Å². The minimum absolute atomic E-state index is 0.00320. The van der Waals surface area contributed by atoms with Crippen molar-refractivity contribution in [3.05, 3.63) is 59.9 Å². The Bertz CT molecular complexity index is 805. The second kappa shape index (κ2) is 8.03. The van der Waals surface area contributed by atoms with E-state index in [0.717, 1.165) is 24.1 Å². The van der Waals surface area contributed by atoms with E-state index in [1.165, 1.54) is 12.1 Å². The third kappa shape index (κ3) is 5.14. The molecule has 0 aliphatic heterocycles. The third-order valence-corrected chi connectivity index (χ3v) is 4.86. The van der Waals surface area contributed by atoms with E-state index < -0.39 is 15.8 Å². The van der Waals surface area contributed by atoms with E-state index >= 15 is 0 Å². The number of nitrogens with one attached hydrogen (secondary N) is 2. The maximum absolute atomic E-state index is 12.8. The highest BCUT2D eigenvalue weighted by atomic mass is 32.2. The van der Waals surface area contributed by atoms with Gasteiger partial charge in [-0.3, -0.25) is 4.79 Å². The first-order valence-electron chi connectivity index (χ1n) is 7.55. The van der Waals surface area contributed by atoms with Gasteiger partial charge < -0.3 is 5.32 Å². The number of hydrogen-bond acceptors (Lipinski definition) is 3. The smallest absolute Gasteiger partial charge is 0.240 e. The van der Waals surface area contributed by atoms with Gasteiger partial charge >= 0.3 is 0 Å². The average molecular weight is 350 g/mol. The van der Waals surface area contributed by atoms with Gasteiger partial charge in [-0.1, -0.05) is 19.1 Å². The molecule has 0 aliphatic carbocycles. The summed E-state index contributed by atoms with van der Waals surface area (Å²) < 4.78 is 39.2. The van der Waals surface area contributed by atoms with E-state index in [0.29, 0.717) is 5.69 Å². The van der Waals surface area contributed by atoms with Crippen LogP contribution < -0.4 is 10.0 Å². The summed E-state index contributed by atoms with van der Waals surface area (Å²) in [4.78, 5) is 11.8. The molecule has 2 rings (SSSR count). The lowest BCUT2D eigenvalue weighted by Gasteiger charge is -2.08. The van der Waals surface area contributed by atoms with Crippen molar-refractivity contribution >= 4 is 21.6 Å². The molecule has 0 aliphatic rings. The van der Waals surface area contributed by atoms with Crippen LogP contribution in [-0.4, -0.2) is 20.9 Å². The molecule has 0 unspecified atom stereocenters. The van der Waals surface area contributed by atoms with Crippen molar-refractivity contribution in [3.63, 3.8) is 0 Å². The summed E-state index contributed by atoms with van der Waals surface area (Å²) in [5.74, 6) is -0.798. The molecule has 0 fully saturated rings. The van der Waals surface area contributed by atoms with Crippen LogP contribution in [0.5, 0.6) is 0 Å². The van der Waals surface area contributed by atoms with E-state index in [9.17, 15) is 17.6 Å². The summed E-state index contributed by atoms with van der Waals surface area (Å²) in [6.45, 7) is 1.98. The quantitative estimate of drug-likeness (QED) is 0.806. The molecule has 0 atom stereocenters. The van der Waals surface area contributed by atoms with Gasteiger partial charge in [0, 0.05) is 18.7 Å². The van der Waals surface area contributed by atoms with Gasteiger partial charge in [-0.15, -0.1) is 0 Å². The molecule has 2 aromatic carbocycles. The number of aryl methyl sites for hydroxylation is 1. The van der Waals surface area contributed by atoms with Crippen LogP contribution >= 0.6 is 0 Å². The van der Waals surface area contributed by atoms with Gasteiger partial charge in [-0.25, -0.2) is 17.5 Å². The summed E-state index contributed by atoms with van der Waals surface area (Å²) in [7, 11) is -3.75. The molecule has 0 spiro atoms. The molecule has 0 saturated carbocycles. The van der Waals surface area contributed by atoms with Gasteiger partial charge in [-0.2, -0.15) is 0 Å². The summed E-state index contributed by atoms with van der Waals surface area (Å²) in [6.07, 6.45) is 0.859. The zero-order valence-electron chi connectivity index (χ0n) is 13.3. The number of carbonyl (C=O) groups excluding carboxylic acids is 1. The lowest BCUT2D eigenvalue weighted by Crippen LogP contribution is -2.27. The fraction of sp³-hybridized carbons (Fsp3) is 0.235. The van der Waals surface area contributed by atoms with Gasteiger partial charge in [0.15, 0.2) is 0 Å². The van der Waals surface area contributed by atoms with E-state index in [1.54, 1.807) is 6.07 Å². The Kier molecular flexibility index (Phi) is 6.05. The van der Waals surface area contributed by atoms with E-state index in [4.69, 9.17) is 0 Å². The highest BCUT2D eigenvalue weighted by Gasteiger charge is 2.14. The Balaban J connectivity index is 1.86. The van der Waals surface area contributed by atoms with Gasteiger partial charge in [-0.05, 0) is 48.4 Å². The number of amides is 1. The molecule has 2 N–H and O–H groups in total. The average Bonchev–Trinajstić information content (AvgIpc) is 2.55. The lowest BCUT2D eigenvalue weighted by atomic mass is 10.1. The molecular weight excluding hydrogens is 331 g/mol. The number of carbonyl (C=O) groups is 1. The minimum atomic E-state index is -3.75. The molecule has 1 amide bonds. The first-order valence-corrected chi connectivity index (χ1v) is 9.03. The van der Waals surface area contributed by atoms with Crippen molar-refractivity contribution in [2.75, 3.05) is 11.9 Å². The SMILES string of the molecule is CCc1cccc(NC(=O)CCNS(=O)(=O)c2ccc(F)cc2)c1. The molecule has 0 heterocycles. The van der Waals surface area contributed by atoms with Gasteiger partial charge in [0.1, 0.15) is 5.82 Å². The topological polar surface area (TPSA) is 75.3 Å². The Labute approximate surface area is 141 Å². The number of rotatable bonds is 7. The number of anilines is 1. The molecule has 0 bridgehead atoms. The number of sulfonamides is 1. The molecule has 0 radical (unpaired) electrons. The zero-order valence-corrected chi connectivity index (χ0v) is 14.1. The molecule has 128 valence electrons. The van der Waals surface area contributed by atoms with Crippen LogP contribution in [0.15, 0.2) is 53.4 Å². The van der Waals surface area contributed by atoms with Gasteiger partial charge in [0.2, 0.25) is 15.9 Å². The summed E-state index contributed by atoms with van der Waals surface area (Å²) >= 11 is 0. The Morgan fingerprint density at radius 3 is 2.50 bits per heavy atom.